The number of thioether (sulfide) groups is 1. The van der Waals surface area contributed by atoms with E-state index in [1.807, 2.05) is 0 Å². The summed E-state index contributed by atoms with van der Waals surface area (Å²) in [5.41, 5.74) is 0.162. The standard InChI is InChI=1S/C20H19BF5NO5S/c1-19(20(24,25)26)9-13(12-7-8-14(22)15(23)16(12)31-2)17(33-19)18(28)27-10-3-5-11(6-4-10)32-21(29)30/h3-8,13,17,29-30H,9H2,1-2H3,(H,27,28). The van der Waals surface area contributed by atoms with Gasteiger partial charge in [-0.25, -0.2) is 4.39 Å². The predicted octanol–water partition coefficient (Wildman–Crippen LogP) is 3.87. The molecule has 1 aliphatic heterocycles. The van der Waals surface area contributed by atoms with Gasteiger partial charge in [0.05, 0.1) is 12.4 Å². The monoisotopic (exact) mass is 491 g/mol. The number of carbonyl (C=O) groups is 1. The second-order valence-electron chi connectivity index (χ2n) is 7.52. The Morgan fingerprint density at radius 2 is 1.82 bits per heavy atom. The fraction of sp³-hybridized carbons (Fsp3) is 0.350. The average molecular weight is 491 g/mol. The molecule has 0 radical (unpaired) electrons. The van der Waals surface area contributed by atoms with Crippen LogP contribution in [-0.4, -0.2) is 46.6 Å². The van der Waals surface area contributed by atoms with Gasteiger partial charge in [-0.2, -0.15) is 17.6 Å². The average Bonchev–Trinajstić information content (AvgIpc) is 3.10. The molecular weight excluding hydrogens is 472 g/mol. The van der Waals surface area contributed by atoms with Gasteiger partial charge in [-0.15, -0.1) is 11.8 Å². The van der Waals surface area contributed by atoms with E-state index < -0.39 is 59.1 Å². The number of halogens is 5. The van der Waals surface area contributed by atoms with Crippen LogP contribution in [-0.2, 0) is 4.79 Å². The van der Waals surface area contributed by atoms with Crippen molar-refractivity contribution in [1.29, 1.82) is 0 Å². The fourth-order valence-electron chi connectivity index (χ4n) is 3.63. The third-order valence-electron chi connectivity index (χ3n) is 5.27. The second kappa shape index (κ2) is 9.39. The van der Waals surface area contributed by atoms with Crippen LogP contribution in [0.1, 0.15) is 24.8 Å². The normalized spacial score (nSPS) is 22.7. The topological polar surface area (TPSA) is 88.0 Å². The molecular formula is C20H19BF5NO5S. The van der Waals surface area contributed by atoms with Crippen molar-refractivity contribution in [1.82, 2.24) is 0 Å². The van der Waals surface area contributed by atoms with Gasteiger partial charge in [0.15, 0.2) is 11.6 Å². The zero-order chi connectivity index (χ0) is 24.6. The van der Waals surface area contributed by atoms with Crippen LogP contribution in [0.4, 0.5) is 27.6 Å². The lowest BCUT2D eigenvalue weighted by atomic mass is 9.85. The molecule has 1 amide bonds. The quantitative estimate of drug-likeness (QED) is 0.420. The Labute approximate surface area is 190 Å². The van der Waals surface area contributed by atoms with Crippen LogP contribution in [0.25, 0.3) is 0 Å². The van der Waals surface area contributed by atoms with E-state index in [4.69, 9.17) is 14.8 Å². The van der Waals surface area contributed by atoms with Crippen LogP contribution in [0.15, 0.2) is 36.4 Å². The van der Waals surface area contributed by atoms with Crippen molar-refractivity contribution in [3.05, 3.63) is 53.6 Å². The number of ether oxygens (including phenoxy) is 1. The SMILES string of the molecule is COc1c(C2CC(C)(C(F)(F)F)SC2C(=O)Nc2ccc(OB(O)O)cc2)ccc(F)c1F. The molecule has 13 heteroatoms. The number of hydrogen-bond acceptors (Lipinski definition) is 6. The molecule has 1 heterocycles. The highest BCUT2D eigenvalue weighted by atomic mass is 32.2. The molecule has 178 valence electrons. The first-order chi connectivity index (χ1) is 15.4. The highest BCUT2D eigenvalue weighted by Gasteiger charge is 2.60. The Balaban J connectivity index is 1.93. The molecule has 0 saturated carbocycles. The lowest BCUT2D eigenvalue weighted by Crippen LogP contribution is -2.37. The van der Waals surface area contributed by atoms with E-state index in [1.165, 1.54) is 24.3 Å². The highest BCUT2D eigenvalue weighted by Crippen LogP contribution is 2.59. The van der Waals surface area contributed by atoms with Gasteiger partial charge in [0.1, 0.15) is 10.5 Å². The van der Waals surface area contributed by atoms with Gasteiger partial charge in [-0.1, -0.05) is 6.07 Å². The molecule has 1 saturated heterocycles. The van der Waals surface area contributed by atoms with Crippen LogP contribution in [0.5, 0.6) is 11.5 Å². The number of alkyl halides is 3. The summed E-state index contributed by atoms with van der Waals surface area (Å²) in [7, 11) is -0.985. The van der Waals surface area contributed by atoms with E-state index in [9.17, 15) is 26.7 Å². The minimum Gasteiger partial charge on any atom is -0.512 e. The van der Waals surface area contributed by atoms with Gasteiger partial charge in [0.25, 0.3) is 0 Å². The van der Waals surface area contributed by atoms with Crippen molar-refractivity contribution in [2.75, 3.05) is 12.4 Å². The predicted molar refractivity (Wildman–Crippen MR) is 112 cm³/mol. The van der Waals surface area contributed by atoms with E-state index in [2.05, 4.69) is 9.97 Å². The molecule has 0 spiro atoms. The molecule has 1 aliphatic rings. The van der Waals surface area contributed by atoms with Crippen molar-refractivity contribution < 1.29 is 46.2 Å². The number of hydrogen-bond donors (Lipinski definition) is 3. The fourth-order valence-corrected chi connectivity index (χ4v) is 5.17. The van der Waals surface area contributed by atoms with Crippen molar-refractivity contribution >= 4 is 30.7 Å². The number of rotatable bonds is 6. The molecule has 2 aromatic rings. The molecule has 0 aliphatic carbocycles. The minimum atomic E-state index is -4.67. The first kappa shape index (κ1) is 25.1. The third-order valence-corrected chi connectivity index (χ3v) is 6.98. The van der Waals surface area contributed by atoms with E-state index in [0.29, 0.717) is 11.8 Å². The van der Waals surface area contributed by atoms with Gasteiger partial charge >= 0.3 is 13.5 Å². The van der Waals surface area contributed by atoms with E-state index in [-0.39, 0.29) is 17.0 Å². The smallest absolute Gasteiger partial charge is 0.512 e. The summed E-state index contributed by atoms with van der Waals surface area (Å²) >= 11 is 0.391. The summed E-state index contributed by atoms with van der Waals surface area (Å²) in [5, 5.41) is 18.8. The summed E-state index contributed by atoms with van der Waals surface area (Å²) in [4.78, 5) is 13.0. The van der Waals surface area contributed by atoms with E-state index in [1.54, 1.807) is 0 Å². The van der Waals surface area contributed by atoms with Crippen molar-refractivity contribution in [3.8, 4) is 11.5 Å². The third kappa shape index (κ3) is 5.20. The van der Waals surface area contributed by atoms with Crippen molar-refractivity contribution in [2.45, 2.75) is 35.4 Å². The summed E-state index contributed by atoms with van der Waals surface area (Å²) in [6, 6.07) is 7.23. The molecule has 0 aromatic heterocycles. The number of methoxy groups -OCH3 is 1. The molecule has 2 aromatic carbocycles. The second-order valence-corrected chi connectivity index (χ2v) is 9.16. The molecule has 33 heavy (non-hydrogen) atoms. The minimum absolute atomic E-state index is 0.0438. The number of nitrogens with one attached hydrogen (secondary N) is 1. The van der Waals surface area contributed by atoms with E-state index in [0.717, 1.165) is 26.2 Å². The number of carbonyl (C=O) groups excluding carboxylic acids is 1. The molecule has 3 rings (SSSR count). The summed E-state index contributed by atoms with van der Waals surface area (Å²) in [5.74, 6) is -4.95. The number of amides is 1. The molecule has 1 fully saturated rings. The van der Waals surface area contributed by atoms with E-state index >= 15 is 0 Å². The Kier molecular flexibility index (Phi) is 7.15. The zero-order valence-corrected chi connectivity index (χ0v) is 18.1. The molecule has 0 bridgehead atoms. The molecule has 3 N–H and O–H groups in total. The number of benzene rings is 2. The Morgan fingerprint density at radius 1 is 1.18 bits per heavy atom. The lowest BCUT2D eigenvalue weighted by Gasteiger charge is -2.26. The summed E-state index contributed by atoms with van der Waals surface area (Å²) < 4.78 is 76.6. The highest BCUT2D eigenvalue weighted by molar-refractivity contribution is 8.02. The van der Waals surface area contributed by atoms with Crippen molar-refractivity contribution in [2.24, 2.45) is 0 Å². The summed E-state index contributed by atoms with van der Waals surface area (Å²) in [6.07, 6.45) is -5.22. The van der Waals surface area contributed by atoms with Crippen LogP contribution in [0.3, 0.4) is 0 Å². The lowest BCUT2D eigenvalue weighted by molar-refractivity contribution is -0.155. The summed E-state index contributed by atoms with van der Waals surface area (Å²) in [6.45, 7) is 0.955. The Bertz CT molecular complexity index is 1020. The maximum absolute atomic E-state index is 14.3. The van der Waals surface area contributed by atoms with Crippen LogP contribution < -0.4 is 14.7 Å². The number of anilines is 1. The zero-order valence-electron chi connectivity index (χ0n) is 17.3. The van der Waals surface area contributed by atoms with Gasteiger partial charge in [0.2, 0.25) is 11.7 Å². The first-order valence-electron chi connectivity index (χ1n) is 9.56. The Hall–Kier alpha value is -2.51. The van der Waals surface area contributed by atoms with Crippen LogP contribution in [0, 0.1) is 11.6 Å². The molecule has 3 atom stereocenters. The maximum Gasteiger partial charge on any atom is 0.707 e. The van der Waals surface area contributed by atoms with Crippen molar-refractivity contribution in [3.63, 3.8) is 0 Å². The van der Waals surface area contributed by atoms with Gasteiger partial charge in [-0.3, -0.25) is 4.79 Å². The van der Waals surface area contributed by atoms with Crippen LogP contribution >= 0.6 is 11.8 Å². The van der Waals surface area contributed by atoms with Gasteiger partial charge in [0, 0.05) is 17.2 Å². The van der Waals surface area contributed by atoms with Gasteiger partial charge < -0.3 is 24.8 Å². The first-order valence-corrected chi connectivity index (χ1v) is 10.4. The van der Waals surface area contributed by atoms with Crippen LogP contribution in [0.2, 0.25) is 0 Å². The maximum atomic E-state index is 14.3. The molecule has 3 unspecified atom stereocenters. The molecule has 6 nitrogen and oxygen atoms in total. The Morgan fingerprint density at radius 3 is 2.36 bits per heavy atom. The van der Waals surface area contributed by atoms with Gasteiger partial charge in [-0.05, 0) is 43.7 Å². The largest absolute Gasteiger partial charge is 0.707 e.